The molecule has 2 heteroatoms. The van der Waals surface area contributed by atoms with E-state index >= 15 is 0 Å². The Balaban J connectivity index is 2.29. The van der Waals surface area contributed by atoms with Gasteiger partial charge in [0.15, 0.2) is 0 Å². The van der Waals surface area contributed by atoms with Crippen LogP contribution in [0.3, 0.4) is 0 Å². The molecule has 15 heavy (non-hydrogen) atoms. The molecule has 1 aromatic heterocycles. The Morgan fingerprint density at radius 2 is 2.13 bits per heavy atom. The molecule has 0 spiro atoms. The van der Waals surface area contributed by atoms with Crippen LogP contribution in [-0.2, 0) is 6.42 Å². The summed E-state index contributed by atoms with van der Waals surface area (Å²) >= 11 is 1.87. The zero-order valence-electron chi connectivity index (χ0n) is 10.3. The van der Waals surface area contributed by atoms with Gasteiger partial charge < -0.3 is 5.32 Å². The second-order valence-corrected chi connectivity index (χ2v) is 6.31. The average molecular weight is 225 g/mol. The summed E-state index contributed by atoms with van der Waals surface area (Å²) in [6.07, 6.45) is 2.47. The summed E-state index contributed by atoms with van der Waals surface area (Å²) in [6.45, 7) is 10.2. The quantitative estimate of drug-likeness (QED) is 0.778. The van der Waals surface area contributed by atoms with Crippen molar-refractivity contribution in [2.45, 2.75) is 46.6 Å². The fourth-order valence-electron chi connectivity index (χ4n) is 1.49. The number of rotatable bonds is 6. The van der Waals surface area contributed by atoms with Crippen LogP contribution in [0, 0.1) is 5.41 Å². The molecule has 0 unspecified atom stereocenters. The van der Waals surface area contributed by atoms with Gasteiger partial charge in [0.05, 0.1) is 0 Å². The number of nitrogens with one attached hydrogen (secondary N) is 1. The molecule has 0 saturated carbocycles. The second kappa shape index (κ2) is 5.66. The van der Waals surface area contributed by atoms with E-state index in [1.165, 1.54) is 17.7 Å². The Morgan fingerprint density at radius 3 is 2.67 bits per heavy atom. The molecule has 1 N–H and O–H groups in total. The zero-order chi connectivity index (χ0) is 11.3. The third-order valence-electron chi connectivity index (χ3n) is 2.62. The highest BCUT2D eigenvalue weighted by Gasteiger charge is 2.17. The maximum absolute atomic E-state index is 3.52. The van der Waals surface area contributed by atoms with Crippen molar-refractivity contribution >= 4 is 11.3 Å². The van der Waals surface area contributed by atoms with Gasteiger partial charge in [-0.2, -0.15) is 0 Å². The predicted molar refractivity (Wildman–Crippen MR) is 69.6 cm³/mol. The lowest BCUT2D eigenvalue weighted by Crippen LogP contribution is -2.34. The van der Waals surface area contributed by atoms with Crippen LogP contribution in [0.25, 0.3) is 0 Å². The van der Waals surface area contributed by atoms with Crippen LogP contribution in [0.1, 0.15) is 39.0 Å². The molecule has 1 nitrogen and oxygen atoms in total. The molecule has 1 rings (SSSR count). The van der Waals surface area contributed by atoms with Crippen molar-refractivity contribution in [1.29, 1.82) is 0 Å². The normalized spacial score (nSPS) is 12.3. The van der Waals surface area contributed by atoms with Gasteiger partial charge in [-0.15, -0.1) is 11.3 Å². The molecule has 0 aromatic carbocycles. The topological polar surface area (TPSA) is 12.0 Å². The molecule has 0 aliphatic carbocycles. The third-order valence-corrected chi connectivity index (χ3v) is 3.55. The van der Waals surface area contributed by atoms with E-state index < -0.39 is 0 Å². The van der Waals surface area contributed by atoms with Gasteiger partial charge in [-0.1, -0.05) is 33.8 Å². The molecule has 0 bridgehead atoms. The maximum Gasteiger partial charge on any atom is 0.00454 e. The van der Waals surface area contributed by atoms with Gasteiger partial charge in [0.1, 0.15) is 0 Å². The van der Waals surface area contributed by atoms with Crippen LogP contribution in [-0.4, -0.2) is 12.6 Å². The van der Waals surface area contributed by atoms with Crippen LogP contribution >= 0.6 is 11.3 Å². The highest BCUT2D eigenvalue weighted by atomic mass is 32.1. The van der Waals surface area contributed by atoms with Crippen molar-refractivity contribution in [2.24, 2.45) is 5.41 Å². The number of hydrogen-bond acceptors (Lipinski definition) is 2. The lowest BCUT2D eigenvalue weighted by atomic mass is 9.87. The predicted octanol–water partition coefficient (Wildman–Crippen LogP) is 3.70. The molecular weight excluding hydrogens is 202 g/mol. The highest BCUT2D eigenvalue weighted by Crippen LogP contribution is 2.23. The molecule has 0 saturated heterocycles. The zero-order valence-corrected chi connectivity index (χ0v) is 11.2. The minimum absolute atomic E-state index is 0.397. The Labute approximate surface area is 97.9 Å². The molecule has 0 amide bonds. The molecular formula is C13H23NS. The first kappa shape index (κ1) is 12.7. The largest absolute Gasteiger partial charge is 0.314 e. The van der Waals surface area contributed by atoms with E-state index in [0.29, 0.717) is 11.5 Å². The lowest BCUT2D eigenvalue weighted by Gasteiger charge is -2.26. The van der Waals surface area contributed by atoms with Crippen LogP contribution in [0.5, 0.6) is 0 Å². The van der Waals surface area contributed by atoms with E-state index in [4.69, 9.17) is 0 Å². The van der Waals surface area contributed by atoms with Gasteiger partial charge in [0.2, 0.25) is 0 Å². The first-order valence-corrected chi connectivity index (χ1v) is 6.63. The summed E-state index contributed by atoms with van der Waals surface area (Å²) in [5.41, 5.74) is 0.397. The fraction of sp³-hybridized carbons (Fsp3) is 0.692. The highest BCUT2D eigenvalue weighted by molar-refractivity contribution is 7.09. The Hall–Kier alpha value is -0.340. The monoisotopic (exact) mass is 225 g/mol. The van der Waals surface area contributed by atoms with Crippen molar-refractivity contribution in [3.63, 3.8) is 0 Å². The van der Waals surface area contributed by atoms with Crippen LogP contribution < -0.4 is 5.32 Å². The smallest absolute Gasteiger partial charge is 0.00454 e. The molecule has 1 aromatic rings. The van der Waals surface area contributed by atoms with Crippen LogP contribution in [0.2, 0.25) is 0 Å². The van der Waals surface area contributed by atoms with Gasteiger partial charge in [0.25, 0.3) is 0 Å². The number of hydrogen-bond donors (Lipinski definition) is 1. The van der Waals surface area contributed by atoms with Crippen molar-refractivity contribution in [2.75, 3.05) is 6.54 Å². The van der Waals surface area contributed by atoms with Gasteiger partial charge in [-0.25, -0.2) is 0 Å². The van der Waals surface area contributed by atoms with E-state index in [1.54, 1.807) is 0 Å². The van der Waals surface area contributed by atoms with Crippen molar-refractivity contribution in [3.05, 3.63) is 22.4 Å². The molecule has 1 heterocycles. The van der Waals surface area contributed by atoms with E-state index in [0.717, 1.165) is 6.54 Å². The molecule has 0 radical (unpaired) electrons. The Kier molecular flexibility index (Phi) is 4.81. The minimum atomic E-state index is 0.397. The SMILES string of the molecule is CC(C)NCC(C)(C)CCc1cccs1. The summed E-state index contributed by atoms with van der Waals surface area (Å²) in [5.74, 6) is 0. The van der Waals surface area contributed by atoms with Crippen molar-refractivity contribution in [1.82, 2.24) is 5.32 Å². The van der Waals surface area contributed by atoms with E-state index in [1.807, 2.05) is 11.3 Å². The second-order valence-electron chi connectivity index (χ2n) is 5.28. The average Bonchev–Trinajstić information content (AvgIpc) is 2.65. The first-order chi connectivity index (χ1) is 6.99. The lowest BCUT2D eigenvalue weighted by molar-refractivity contribution is 0.305. The van der Waals surface area contributed by atoms with E-state index in [-0.39, 0.29) is 0 Å². The van der Waals surface area contributed by atoms with Gasteiger partial charge in [-0.3, -0.25) is 0 Å². The molecule has 86 valence electrons. The van der Waals surface area contributed by atoms with Crippen molar-refractivity contribution in [3.8, 4) is 0 Å². The first-order valence-electron chi connectivity index (χ1n) is 5.75. The number of thiophene rings is 1. The molecule has 0 aliphatic rings. The Bertz CT molecular complexity index is 262. The van der Waals surface area contributed by atoms with Gasteiger partial charge in [-0.05, 0) is 29.7 Å². The van der Waals surface area contributed by atoms with Crippen molar-refractivity contribution < 1.29 is 0 Å². The third kappa shape index (κ3) is 5.33. The van der Waals surface area contributed by atoms with Crippen LogP contribution in [0.15, 0.2) is 17.5 Å². The van der Waals surface area contributed by atoms with Gasteiger partial charge >= 0.3 is 0 Å². The summed E-state index contributed by atoms with van der Waals surface area (Å²) in [5, 5.41) is 5.68. The van der Waals surface area contributed by atoms with E-state index in [2.05, 4.69) is 50.5 Å². The minimum Gasteiger partial charge on any atom is -0.314 e. The number of aryl methyl sites for hydroxylation is 1. The standard InChI is InChI=1S/C13H23NS/c1-11(2)14-10-13(3,4)8-7-12-6-5-9-15-12/h5-6,9,11,14H,7-8,10H2,1-4H3. The van der Waals surface area contributed by atoms with E-state index in [9.17, 15) is 0 Å². The molecule has 0 aliphatic heterocycles. The fourth-order valence-corrected chi connectivity index (χ4v) is 2.19. The Morgan fingerprint density at radius 1 is 1.40 bits per heavy atom. The molecule has 0 fully saturated rings. The molecule has 0 atom stereocenters. The van der Waals surface area contributed by atoms with Crippen LogP contribution in [0.4, 0.5) is 0 Å². The summed E-state index contributed by atoms with van der Waals surface area (Å²) in [6, 6.07) is 4.96. The van der Waals surface area contributed by atoms with Gasteiger partial charge in [0, 0.05) is 17.5 Å². The maximum atomic E-state index is 3.52. The summed E-state index contributed by atoms with van der Waals surface area (Å²) in [7, 11) is 0. The summed E-state index contributed by atoms with van der Waals surface area (Å²) in [4.78, 5) is 1.51. The summed E-state index contributed by atoms with van der Waals surface area (Å²) < 4.78 is 0.